The Labute approximate surface area is 117 Å². The number of hydrogen-bond acceptors (Lipinski definition) is 1. The number of halogens is 1. The van der Waals surface area contributed by atoms with Gasteiger partial charge in [0, 0.05) is 5.56 Å². The number of aliphatic carboxylic acids is 1. The topological polar surface area (TPSA) is 37.3 Å². The molecular weight excluding hydrogens is 255 g/mol. The van der Waals surface area contributed by atoms with Crippen LogP contribution in [0.1, 0.15) is 29.5 Å². The van der Waals surface area contributed by atoms with Crippen molar-refractivity contribution in [2.45, 2.75) is 26.7 Å². The smallest absolute Gasteiger partial charge is 0.310 e. The lowest BCUT2D eigenvalue weighted by Crippen LogP contribution is -2.07. The summed E-state index contributed by atoms with van der Waals surface area (Å²) in [5, 5.41) is 8.96. The third-order valence-electron chi connectivity index (χ3n) is 3.40. The summed E-state index contributed by atoms with van der Waals surface area (Å²) in [4.78, 5) is 10.9. The van der Waals surface area contributed by atoms with Gasteiger partial charge in [-0.25, -0.2) is 4.39 Å². The molecule has 0 aromatic heterocycles. The van der Waals surface area contributed by atoms with Crippen molar-refractivity contribution < 1.29 is 14.3 Å². The largest absolute Gasteiger partial charge is 0.481 e. The van der Waals surface area contributed by atoms with E-state index in [4.69, 9.17) is 5.11 Å². The Balaban J connectivity index is 2.46. The standard InChI is InChI=1S/C17H17FO2/c1-10-6-11(2)8-14(7-10)15-5-4-13(9-16(15)18)12(3)17(19)20/h4-9,12H,1-3H3,(H,19,20)/t12-/m1/s1. The van der Waals surface area contributed by atoms with Crippen LogP contribution in [-0.2, 0) is 4.79 Å². The zero-order valence-corrected chi connectivity index (χ0v) is 11.8. The van der Waals surface area contributed by atoms with Gasteiger partial charge in [0.05, 0.1) is 5.92 Å². The van der Waals surface area contributed by atoms with Gasteiger partial charge in [-0.05, 0) is 38.0 Å². The molecule has 2 rings (SSSR count). The summed E-state index contributed by atoms with van der Waals surface area (Å²) < 4.78 is 14.2. The molecule has 0 unspecified atom stereocenters. The number of rotatable bonds is 3. The normalized spacial score (nSPS) is 12.2. The molecule has 2 aromatic rings. The average Bonchev–Trinajstić information content (AvgIpc) is 2.36. The highest BCUT2D eigenvalue weighted by Crippen LogP contribution is 2.28. The van der Waals surface area contributed by atoms with E-state index < -0.39 is 11.9 Å². The van der Waals surface area contributed by atoms with E-state index in [9.17, 15) is 9.18 Å². The van der Waals surface area contributed by atoms with Gasteiger partial charge in [0.1, 0.15) is 5.82 Å². The van der Waals surface area contributed by atoms with Gasteiger partial charge in [-0.15, -0.1) is 0 Å². The zero-order chi connectivity index (χ0) is 14.9. The van der Waals surface area contributed by atoms with E-state index in [1.807, 2.05) is 32.0 Å². The van der Waals surface area contributed by atoms with Crippen molar-refractivity contribution >= 4 is 5.97 Å². The molecule has 1 N–H and O–H groups in total. The molecule has 2 aromatic carbocycles. The van der Waals surface area contributed by atoms with E-state index in [1.54, 1.807) is 19.1 Å². The van der Waals surface area contributed by atoms with Crippen LogP contribution in [-0.4, -0.2) is 11.1 Å². The highest BCUT2D eigenvalue weighted by atomic mass is 19.1. The van der Waals surface area contributed by atoms with Crippen LogP contribution in [0.2, 0.25) is 0 Å². The maximum Gasteiger partial charge on any atom is 0.310 e. The Morgan fingerprint density at radius 2 is 1.70 bits per heavy atom. The molecule has 0 radical (unpaired) electrons. The molecular formula is C17H17FO2. The molecule has 0 fully saturated rings. The van der Waals surface area contributed by atoms with Crippen molar-refractivity contribution in [1.29, 1.82) is 0 Å². The van der Waals surface area contributed by atoms with Crippen LogP contribution in [0.4, 0.5) is 4.39 Å². The average molecular weight is 272 g/mol. The molecule has 0 aliphatic rings. The zero-order valence-electron chi connectivity index (χ0n) is 11.8. The monoisotopic (exact) mass is 272 g/mol. The van der Waals surface area contributed by atoms with Crippen LogP contribution in [0.25, 0.3) is 11.1 Å². The van der Waals surface area contributed by atoms with E-state index in [0.29, 0.717) is 11.1 Å². The van der Waals surface area contributed by atoms with Crippen LogP contribution in [0.5, 0.6) is 0 Å². The fourth-order valence-corrected chi connectivity index (χ4v) is 2.31. The lowest BCUT2D eigenvalue weighted by Gasteiger charge is -2.10. The second-order valence-corrected chi connectivity index (χ2v) is 5.18. The fourth-order valence-electron chi connectivity index (χ4n) is 2.31. The van der Waals surface area contributed by atoms with E-state index >= 15 is 0 Å². The van der Waals surface area contributed by atoms with Crippen molar-refractivity contribution in [2.75, 3.05) is 0 Å². The number of carboxylic acid groups (broad SMARTS) is 1. The third-order valence-corrected chi connectivity index (χ3v) is 3.40. The lowest BCUT2D eigenvalue weighted by molar-refractivity contribution is -0.138. The predicted octanol–water partition coefficient (Wildman–Crippen LogP) is 4.30. The van der Waals surface area contributed by atoms with Crippen LogP contribution in [0, 0.1) is 19.7 Å². The maximum absolute atomic E-state index is 14.2. The van der Waals surface area contributed by atoms with Crippen molar-refractivity contribution in [1.82, 2.24) is 0 Å². The van der Waals surface area contributed by atoms with Crippen molar-refractivity contribution in [3.05, 3.63) is 58.9 Å². The van der Waals surface area contributed by atoms with Crippen LogP contribution < -0.4 is 0 Å². The minimum absolute atomic E-state index is 0.388. The summed E-state index contributed by atoms with van der Waals surface area (Å²) in [6, 6.07) is 10.5. The molecule has 0 spiro atoms. The van der Waals surface area contributed by atoms with E-state index in [1.165, 1.54) is 6.07 Å². The van der Waals surface area contributed by atoms with E-state index in [0.717, 1.165) is 16.7 Å². The minimum atomic E-state index is -0.955. The van der Waals surface area contributed by atoms with Crippen molar-refractivity contribution in [2.24, 2.45) is 0 Å². The summed E-state index contributed by atoms with van der Waals surface area (Å²) >= 11 is 0. The molecule has 1 atom stereocenters. The summed E-state index contributed by atoms with van der Waals surface area (Å²) in [6.07, 6.45) is 0. The molecule has 0 aliphatic heterocycles. The molecule has 2 nitrogen and oxygen atoms in total. The van der Waals surface area contributed by atoms with Gasteiger partial charge >= 0.3 is 5.97 Å². The Morgan fingerprint density at radius 1 is 1.10 bits per heavy atom. The van der Waals surface area contributed by atoms with E-state index in [2.05, 4.69) is 0 Å². The molecule has 0 saturated heterocycles. The first kappa shape index (κ1) is 14.3. The number of benzene rings is 2. The summed E-state index contributed by atoms with van der Waals surface area (Å²) in [7, 11) is 0. The maximum atomic E-state index is 14.2. The Morgan fingerprint density at radius 3 is 2.20 bits per heavy atom. The van der Waals surface area contributed by atoms with Gasteiger partial charge in [0.2, 0.25) is 0 Å². The highest BCUT2D eigenvalue weighted by Gasteiger charge is 2.16. The van der Waals surface area contributed by atoms with Crippen LogP contribution in [0.15, 0.2) is 36.4 Å². The third kappa shape index (κ3) is 2.87. The van der Waals surface area contributed by atoms with Gasteiger partial charge < -0.3 is 5.11 Å². The second kappa shape index (κ2) is 5.45. The first-order valence-corrected chi connectivity index (χ1v) is 6.49. The Bertz CT molecular complexity index is 642. The molecule has 0 aliphatic carbocycles. The number of carboxylic acids is 1. The molecule has 104 valence electrons. The molecule has 3 heteroatoms. The summed E-state index contributed by atoms with van der Waals surface area (Å²) in [6.45, 7) is 5.48. The molecule has 0 heterocycles. The van der Waals surface area contributed by atoms with Crippen LogP contribution >= 0.6 is 0 Å². The molecule has 0 amide bonds. The van der Waals surface area contributed by atoms with Crippen LogP contribution in [0.3, 0.4) is 0 Å². The highest BCUT2D eigenvalue weighted by molar-refractivity contribution is 5.76. The quantitative estimate of drug-likeness (QED) is 0.904. The lowest BCUT2D eigenvalue weighted by atomic mass is 9.95. The van der Waals surface area contributed by atoms with Gasteiger partial charge in [-0.1, -0.05) is 41.5 Å². The Hall–Kier alpha value is -2.16. The SMILES string of the molecule is Cc1cc(C)cc(-c2ccc([C@@H](C)C(=O)O)cc2F)c1. The van der Waals surface area contributed by atoms with Crippen molar-refractivity contribution in [3.8, 4) is 11.1 Å². The fraction of sp³-hybridized carbons (Fsp3) is 0.235. The van der Waals surface area contributed by atoms with Gasteiger partial charge in [0.15, 0.2) is 0 Å². The summed E-state index contributed by atoms with van der Waals surface area (Å²) in [5.74, 6) is -2.05. The Kier molecular flexibility index (Phi) is 3.89. The van der Waals surface area contributed by atoms with Gasteiger partial charge in [-0.3, -0.25) is 4.79 Å². The van der Waals surface area contributed by atoms with Gasteiger partial charge in [-0.2, -0.15) is 0 Å². The second-order valence-electron chi connectivity index (χ2n) is 5.18. The minimum Gasteiger partial charge on any atom is -0.481 e. The molecule has 0 saturated carbocycles. The summed E-state index contributed by atoms with van der Waals surface area (Å²) in [5.41, 5.74) is 3.93. The number of hydrogen-bond donors (Lipinski definition) is 1. The predicted molar refractivity (Wildman–Crippen MR) is 77.4 cm³/mol. The molecule has 0 bridgehead atoms. The first-order chi connectivity index (χ1) is 9.38. The first-order valence-electron chi connectivity index (χ1n) is 6.49. The van der Waals surface area contributed by atoms with Gasteiger partial charge in [0.25, 0.3) is 0 Å². The van der Waals surface area contributed by atoms with Crippen molar-refractivity contribution in [3.63, 3.8) is 0 Å². The van der Waals surface area contributed by atoms with E-state index in [-0.39, 0.29) is 5.82 Å². The molecule has 20 heavy (non-hydrogen) atoms. The number of carbonyl (C=O) groups is 1. The number of aryl methyl sites for hydroxylation is 2.